The van der Waals surface area contributed by atoms with Crippen molar-refractivity contribution in [2.75, 3.05) is 33.0 Å². The van der Waals surface area contributed by atoms with Crippen LogP contribution in [0.4, 0.5) is 0 Å². The molecule has 4 heteroatoms. The Bertz CT molecular complexity index is 267. The number of hydrogen-bond acceptors (Lipinski definition) is 4. The van der Waals surface area contributed by atoms with Crippen LogP contribution in [-0.2, 0) is 14.2 Å². The van der Waals surface area contributed by atoms with Crippen molar-refractivity contribution in [1.29, 1.82) is 0 Å². The van der Waals surface area contributed by atoms with E-state index in [-0.39, 0.29) is 5.60 Å². The molecule has 3 aliphatic rings. The second-order valence-electron chi connectivity index (χ2n) is 5.74. The van der Waals surface area contributed by atoms with Crippen molar-refractivity contribution in [3.8, 4) is 0 Å². The highest BCUT2D eigenvalue weighted by atomic mass is 16.6. The summed E-state index contributed by atoms with van der Waals surface area (Å²) in [4.78, 5) is 0. The molecule has 1 spiro atoms. The van der Waals surface area contributed by atoms with Gasteiger partial charge in [0.2, 0.25) is 0 Å². The van der Waals surface area contributed by atoms with E-state index in [1.54, 1.807) is 0 Å². The Hall–Kier alpha value is -0.160. The van der Waals surface area contributed by atoms with Gasteiger partial charge >= 0.3 is 0 Å². The fraction of sp³-hybridized carbons (Fsp3) is 1.00. The van der Waals surface area contributed by atoms with E-state index < -0.39 is 5.60 Å². The zero-order chi connectivity index (χ0) is 11.8. The first-order chi connectivity index (χ1) is 8.23. The minimum Gasteiger partial charge on any atom is -0.389 e. The van der Waals surface area contributed by atoms with E-state index in [0.29, 0.717) is 25.7 Å². The summed E-state index contributed by atoms with van der Waals surface area (Å²) in [6, 6.07) is 0. The summed E-state index contributed by atoms with van der Waals surface area (Å²) in [5.74, 6) is 0.349. The molecule has 0 radical (unpaired) electrons. The van der Waals surface area contributed by atoms with Gasteiger partial charge in [-0.1, -0.05) is 0 Å². The molecule has 1 N–H and O–H groups in total. The molecule has 3 fully saturated rings. The van der Waals surface area contributed by atoms with Gasteiger partial charge in [-0.15, -0.1) is 0 Å². The maximum atomic E-state index is 10.8. The number of hydrogen-bond donors (Lipinski definition) is 1. The van der Waals surface area contributed by atoms with Gasteiger partial charge in [0, 0.05) is 32.8 Å². The van der Waals surface area contributed by atoms with Crippen molar-refractivity contribution in [2.24, 2.45) is 5.92 Å². The monoisotopic (exact) mass is 242 g/mol. The SMILES string of the molecule is OC1(C2CCOC3(CCOC3)C2)CCOCC1. The third kappa shape index (κ3) is 2.24. The highest BCUT2D eigenvalue weighted by Gasteiger charge is 2.48. The van der Waals surface area contributed by atoms with Crippen LogP contribution in [0.3, 0.4) is 0 Å². The number of aliphatic hydroxyl groups is 1. The highest BCUT2D eigenvalue weighted by Crippen LogP contribution is 2.43. The van der Waals surface area contributed by atoms with Crippen molar-refractivity contribution in [3.05, 3.63) is 0 Å². The van der Waals surface area contributed by atoms with Crippen LogP contribution in [0.25, 0.3) is 0 Å². The van der Waals surface area contributed by atoms with E-state index in [1.165, 1.54) is 0 Å². The quantitative estimate of drug-likeness (QED) is 0.748. The molecule has 17 heavy (non-hydrogen) atoms. The van der Waals surface area contributed by atoms with Crippen LogP contribution in [0.2, 0.25) is 0 Å². The van der Waals surface area contributed by atoms with Crippen molar-refractivity contribution in [3.63, 3.8) is 0 Å². The normalized spacial score (nSPS) is 41.8. The lowest BCUT2D eigenvalue weighted by atomic mass is 9.72. The molecule has 4 nitrogen and oxygen atoms in total. The van der Waals surface area contributed by atoms with Gasteiger partial charge in [0.15, 0.2) is 0 Å². The molecule has 0 bridgehead atoms. The van der Waals surface area contributed by atoms with Crippen LogP contribution in [0, 0.1) is 5.92 Å². The fourth-order valence-electron chi connectivity index (χ4n) is 3.48. The van der Waals surface area contributed by atoms with E-state index in [1.807, 2.05) is 0 Å². The summed E-state index contributed by atoms with van der Waals surface area (Å²) >= 11 is 0. The maximum Gasteiger partial charge on any atom is 0.0940 e. The summed E-state index contributed by atoms with van der Waals surface area (Å²) in [5, 5.41) is 10.8. The minimum atomic E-state index is -0.530. The molecule has 3 saturated heterocycles. The van der Waals surface area contributed by atoms with Crippen molar-refractivity contribution >= 4 is 0 Å². The first kappa shape index (κ1) is 11.9. The molecule has 3 heterocycles. The summed E-state index contributed by atoms with van der Waals surface area (Å²) in [7, 11) is 0. The number of ether oxygens (including phenoxy) is 3. The van der Waals surface area contributed by atoms with Crippen LogP contribution < -0.4 is 0 Å². The lowest BCUT2D eigenvalue weighted by Gasteiger charge is -2.46. The lowest BCUT2D eigenvalue weighted by Crippen LogP contribution is -2.51. The van der Waals surface area contributed by atoms with Gasteiger partial charge in [0.05, 0.1) is 17.8 Å². The van der Waals surface area contributed by atoms with E-state index >= 15 is 0 Å². The Morgan fingerprint density at radius 1 is 0.941 bits per heavy atom. The fourth-order valence-corrected chi connectivity index (χ4v) is 3.48. The molecule has 98 valence electrons. The van der Waals surface area contributed by atoms with Crippen molar-refractivity contribution in [2.45, 2.75) is 43.3 Å². The van der Waals surface area contributed by atoms with Gasteiger partial charge in [-0.05, 0) is 31.6 Å². The molecule has 3 aliphatic heterocycles. The van der Waals surface area contributed by atoms with Gasteiger partial charge in [0.1, 0.15) is 0 Å². The molecule has 0 saturated carbocycles. The van der Waals surface area contributed by atoms with Crippen molar-refractivity contribution < 1.29 is 19.3 Å². The highest BCUT2D eigenvalue weighted by molar-refractivity contribution is 4.98. The predicted molar refractivity (Wildman–Crippen MR) is 61.8 cm³/mol. The Balaban J connectivity index is 1.70. The van der Waals surface area contributed by atoms with E-state index in [9.17, 15) is 5.11 Å². The smallest absolute Gasteiger partial charge is 0.0940 e. The molecule has 2 unspecified atom stereocenters. The predicted octanol–water partition coefficient (Wildman–Crippen LogP) is 1.11. The second-order valence-corrected chi connectivity index (χ2v) is 5.74. The van der Waals surface area contributed by atoms with Gasteiger partial charge in [-0.25, -0.2) is 0 Å². The Morgan fingerprint density at radius 3 is 2.41 bits per heavy atom. The molecule has 0 aromatic carbocycles. The summed E-state index contributed by atoms with van der Waals surface area (Å²) in [5.41, 5.74) is -0.630. The molecule has 3 rings (SSSR count). The van der Waals surface area contributed by atoms with E-state index in [2.05, 4.69) is 0 Å². The first-order valence-electron chi connectivity index (χ1n) is 6.74. The average Bonchev–Trinajstić information content (AvgIpc) is 2.78. The van der Waals surface area contributed by atoms with Gasteiger partial charge < -0.3 is 19.3 Å². The third-order valence-corrected chi connectivity index (χ3v) is 4.68. The lowest BCUT2D eigenvalue weighted by molar-refractivity contribution is -0.165. The molecule has 0 aromatic heterocycles. The summed E-state index contributed by atoms with van der Waals surface area (Å²) in [6.07, 6.45) is 4.45. The molecule has 0 aliphatic carbocycles. The number of rotatable bonds is 1. The Morgan fingerprint density at radius 2 is 1.71 bits per heavy atom. The standard InChI is InChI=1S/C13H22O4/c14-13(3-7-15-8-4-13)11-1-5-17-12(9-11)2-6-16-10-12/h11,14H,1-10H2. The van der Waals surface area contributed by atoms with Gasteiger partial charge in [0.25, 0.3) is 0 Å². The largest absolute Gasteiger partial charge is 0.389 e. The third-order valence-electron chi connectivity index (χ3n) is 4.68. The topological polar surface area (TPSA) is 47.9 Å². The second kappa shape index (κ2) is 4.50. The molecule has 0 amide bonds. The van der Waals surface area contributed by atoms with Crippen molar-refractivity contribution in [1.82, 2.24) is 0 Å². The van der Waals surface area contributed by atoms with Crippen LogP contribution in [0.1, 0.15) is 32.1 Å². The summed E-state index contributed by atoms with van der Waals surface area (Å²) < 4.78 is 16.8. The molecular weight excluding hydrogens is 220 g/mol. The minimum absolute atomic E-state index is 0.100. The van der Waals surface area contributed by atoms with Crippen LogP contribution in [0.5, 0.6) is 0 Å². The zero-order valence-electron chi connectivity index (χ0n) is 10.3. The van der Waals surface area contributed by atoms with Gasteiger partial charge in [-0.2, -0.15) is 0 Å². The van der Waals surface area contributed by atoms with Crippen LogP contribution in [0.15, 0.2) is 0 Å². The molecule has 2 atom stereocenters. The Labute approximate surface area is 102 Å². The van der Waals surface area contributed by atoms with Crippen LogP contribution in [-0.4, -0.2) is 49.3 Å². The van der Waals surface area contributed by atoms with Gasteiger partial charge in [-0.3, -0.25) is 0 Å². The maximum absolute atomic E-state index is 10.8. The first-order valence-corrected chi connectivity index (χ1v) is 6.74. The average molecular weight is 242 g/mol. The molecular formula is C13H22O4. The zero-order valence-corrected chi connectivity index (χ0v) is 10.3. The molecule has 0 aromatic rings. The van der Waals surface area contributed by atoms with E-state index in [0.717, 1.165) is 45.3 Å². The summed E-state index contributed by atoms with van der Waals surface area (Å²) in [6.45, 7) is 3.65. The van der Waals surface area contributed by atoms with E-state index in [4.69, 9.17) is 14.2 Å². The Kier molecular flexibility index (Phi) is 3.15. The van der Waals surface area contributed by atoms with Crippen LogP contribution >= 0.6 is 0 Å².